The van der Waals surface area contributed by atoms with Crippen LogP contribution in [0.4, 0.5) is 0 Å². The van der Waals surface area contributed by atoms with Crippen LogP contribution in [0.3, 0.4) is 0 Å². The molecular formula is C14H42N6O4P2S. The van der Waals surface area contributed by atoms with E-state index in [1.165, 1.54) is 0 Å². The topological polar surface area (TPSA) is 94.0 Å². The van der Waals surface area contributed by atoms with Gasteiger partial charge in [0.05, 0.1) is 0 Å². The maximum absolute atomic E-state index is 8.74. The molecule has 2 N–H and O–H groups in total. The minimum Gasteiger partial charge on any atom is -0.276 e. The summed E-state index contributed by atoms with van der Waals surface area (Å²) < 4.78 is 31.6. The molecule has 168 valence electrons. The molecule has 0 bridgehead atoms. The predicted octanol–water partition coefficient (Wildman–Crippen LogP) is -0.338. The highest BCUT2D eigenvalue weighted by Gasteiger charge is 2.32. The molecule has 27 heavy (non-hydrogen) atoms. The molecule has 0 fully saturated rings. The Morgan fingerprint density at radius 3 is 0.593 bits per heavy atom. The Balaban J connectivity index is -0.000000344. The van der Waals surface area contributed by atoms with E-state index in [-0.39, 0.29) is 11.1 Å². The maximum Gasteiger partial charge on any atom is 0.394 e. The standard InChI is InChI=1S/2C7H20N3P.H2O4S/c2*1-8(2)7(11,9(3)4)10(5)6;1-5(2,3)4/h2*11H2,1-6H3;(H2,1,2,3,4). The second-order valence-electron chi connectivity index (χ2n) is 7.19. The van der Waals surface area contributed by atoms with E-state index in [9.17, 15) is 0 Å². The molecule has 0 aromatic rings. The summed E-state index contributed by atoms with van der Waals surface area (Å²) in [5.41, 5.74) is -0.167. The van der Waals surface area contributed by atoms with Crippen molar-refractivity contribution in [1.29, 1.82) is 0 Å². The molecule has 0 aliphatic heterocycles. The van der Waals surface area contributed by atoms with Crippen LogP contribution in [0, 0.1) is 0 Å². The summed E-state index contributed by atoms with van der Waals surface area (Å²) in [6.07, 6.45) is 0. The lowest BCUT2D eigenvalue weighted by Gasteiger charge is -2.46. The van der Waals surface area contributed by atoms with Crippen molar-refractivity contribution in [3.8, 4) is 0 Å². The fraction of sp³-hybridized carbons (Fsp3) is 1.00. The molecule has 0 rings (SSSR count). The third-order valence-corrected chi connectivity index (χ3v) is 7.05. The summed E-state index contributed by atoms with van der Waals surface area (Å²) >= 11 is 0. The van der Waals surface area contributed by atoms with Crippen molar-refractivity contribution in [2.24, 2.45) is 0 Å². The van der Waals surface area contributed by atoms with E-state index in [4.69, 9.17) is 17.5 Å². The van der Waals surface area contributed by atoms with Crippen molar-refractivity contribution in [3.63, 3.8) is 0 Å². The highest BCUT2D eigenvalue weighted by Crippen LogP contribution is 2.25. The Morgan fingerprint density at radius 2 is 0.593 bits per heavy atom. The first-order valence-corrected chi connectivity index (χ1v) is 10.5. The zero-order valence-electron chi connectivity index (χ0n) is 19.0. The second kappa shape index (κ2) is 12.9. The van der Waals surface area contributed by atoms with Gasteiger partial charge in [-0.05, 0) is 84.6 Å². The molecule has 0 spiro atoms. The van der Waals surface area contributed by atoms with Gasteiger partial charge in [-0.3, -0.25) is 38.5 Å². The van der Waals surface area contributed by atoms with Gasteiger partial charge in [-0.1, -0.05) is 18.5 Å². The molecule has 2 atom stereocenters. The van der Waals surface area contributed by atoms with E-state index in [1.54, 1.807) is 0 Å². The first kappa shape index (κ1) is 32.2. The molecule has 0 aromatic heterocycles. The average molecular weight is 453 g/mol. The highest BCUT2D eigenvalue weighted by atomic mass is 32.3. The summed E-state index contributed by atoms with van der Waals surface area (Å²) in [5.74, 6) is 0. The van der Waals surface area contributed by atoms with E-state index >= 15 is 0 Å². The molecule has 0 radical (unpaired) electrons. The Bertz CT molecular complexity index is 420. The van der Waals surface area contributed by atoms with E-state index in [1.807, 2.05) is 0 Å². The number of hydrogen-bond donors (Lipinski definition) is 2. The second-order valence-corrected chi connectivity index (χ2v) is 9.63. The lowest BCUT2D eigenvalue weighted by molar-refractivity contribution is -0.0264. The fourth-order valence-corrected chi connectivity index (χ4v) is 2.40. The molecule has 0 aromatic carbocycles. The van der Waals surface area contributed by atoms with Gasteiger partial charge in [-0.2, -0.15) is 8.42 Å². The van der Waals surface area contributed by atoms with Crippen molar-refractivity contribution in [1.82, 2.24) is 29.4 Å². The van der Waals surface area contributed by atoms with Crippen LogP contribution in [-0.4, -0.2) is 143 Å². The largest absolute Gasteiger partial charge is 0.394 e. The van der Waals surface area contributed by atoms with Crippen molar-refractivity contribution < 1.29 is 17.5 Å². The van der Waals surface area contributed by atoms with Gasteiger partial charge in [0.15, 0.2) is 0 Å². The number of hydrogen-bond acceptors (Lipinski definition) is 8. The first-order valence-electron chi connectivity index (χ1n) is 7.98. The van der Waals surface area contributed by atoms with Crippen LogP contribution in [-0.2, 0) is 10.4 Å². The predicted molar refractivity (Wildman–Crippen MR) is 121 cm³/mol. The number of nitrogens with zero attached hydrogens (tertiary/aromatic N) is 6. The molecule has 13 heteroatoms. The zero-order chi connectivity index (χ0) is 23.0. The molecule has 0 aliphatic rings. The summed E-state index contributed by atoms with van der Waals surface area (Å²) in [6, 6.07) is 0. The molecule has 0 heterocycles. The lowest BCUT2D eigenvalue weighted by atomic mass is 10.5. The van der Waals surface area contributed by atoms with Gasteiger partial charge in [-0.15, -0.1) is 0 Å². The SMILES string of the molecule is CN(C)C(P)(N(C)C)N(C)C.CN(C)C(P)(N(C)C)N(C)C.O=S(=O)(O)O. The Labute approximate surface area is 171 Å². The Hall–Kier alpha value is 0.490. The van der Waals surface area contributed by atoms with Gasteiger partial charge in [0.25, 0.3) is 0 Å². The molecule has 2 unspecified atom stereocenters. The average Bonchev–Trinajstić information content (AvgIpc) is 2.42. The van der Waals surface area contributed by atoms with Crippen LogP contribution in [0.1, 0.15) is 0 Å². The van der Waals surface area contributed by atoms with Gasteiger partial charge < -0.3 is 0 Å². The molecule has 0 saturated carbocycles. The van der Waals surface area contributed by atoms with Crippen LogP contribution in [0.15, 0.2) is 0 Å². The normalized spacial score (nSPS) is 13.3. The van der Waals surface area contributed by atoms with Crippen LogP contribution in [0.25, 0.3) is 0 Å². The molecule has 10 nitrogen and oxygen atoms in total. The van der Waals surface area contributed by atoms with Crippen LogP contribution < -0.4 is 0 Å². The van der Waals surface area contributed by atoms with E-state index in [0.717, 1.165) is 0 Å². The van der Waals surface area contributed by atoms with Gasteiger partial charge >= 0.3 is 10.4 Å². The Morgan fingerprint density at radius 1 is 0.519 bits per heavy atom. The smallest absolute Gasteiger partial charge is 0.276 e. The van der Waals surface area contributed by atoms with Gasteiger partial charge in [-0.25, -0.2) is 0 Å². The first-order chi connectivity index (χ1) is 11.7. The van der Waals surface area contributed by atoms with Crippen molar-refractivity contribution in [2.45, 2.75) is 11.1 Å². The van der Waals surface area contributed by atoms with Gasteiger partial charge in [0, 0.05) is 0 Å². The molecule has 0 amide bonds. The van der Waals surface area contributed by atoms with Gasteiger partial charge in [0.2, 0.25) is 0 Å². The zero-order valence-corrected chi connectivity index (χ0v) is 22.1. The third kappa shape index (κ3) is 11.9. The van der Waals surface area contributed by atoms with Crippen molar-refractivity contribution in [3.05, 3.63) is 0 Å². The summed E-state index contributed by atoms with van der Waals surface area (Å²) in [5, 5.41) is 0. The van der Waals surface area contributed by atoms with Crippen LogP contribution in [0.2, 0.25) is 0 Å². The quantitative estimate of drug-likeness (QED) is 0.317. The van der Waals surface area contributed by atoms with Gasteiger partial charge in [0.1, 0.15) is 11.1 Å². The molecular weight excluding hydrogens is 410 g/mol. The molecule has 0 aliphatic carbocycles. The summed E-state index contributed by atoms with van der Waals surface area (Å²) in [6.45, 7) is 0. The third-order valence-electron chi connectivity index (χ3n) is 3.95. The lowest BCUT2D eigenvalue weighted by Crippen LogP contribution is -2.59. The summed E-state index contributed by atoms with van der Waals surface area (Å²) in [4.78, 5) is 12.9. The van der Waals surface area contributed by atoms with E-state index in [2.05, 4.69) is 132 Å². The minimum absolute atomic E-state index is 0.0833. The Kier molecular flexibility index (Phi) is 15.4. The fourth-order valence-electron chi connectivity index (χ4n) is 2.40. The van der Waals surface area contributed by atoms with Crippen molar-refractivity contribution in [2.75, 3.05) is 84.6 Å². The van der Waals surface area contributed by atoms with E-state index in [0.29, 0.717) is 0 Å². The van der Waals surface area contributed by atoms with Crippen LogP contribution in [0.5, 0.6) is 0 Å². The monoisotopic (exact) mass is 452 g/mol. The summed E-state index contributed by atoms with van der Waals surface area (Å²) in [7, 11) is 25.8. The maximum atomic E-state index is 8.74. The number of rotatable bonds is 6. The minimum atomic E-state index is -4.67. The highest BCUT2D eigenvalue weighted by molar-refractivity contribution is 7.79. The molecule has 0 saturated heterocycles. The van der Waals surface area contributed by atoms with Crippen molar-refractivity contribution >= 4 is 28.9 Å². The van der Waals surface area contributed by atoms with Crippen LogP contribution >= 0.6 is 18.5 Å². The van der Waals surface area contributed by atoms with E-state index < -0.39 is 10.4 Å².